The average Bonchev–Trinajstić information content (AvgIpc) is 2.59. The molecule has 0 fully saturated rings. The summed E-state index contributed by atoms with van der Waals surface area (Å²) in [5.41, 5.74) is 0.704. The first-order valence-corrected chi connectivity index (χ1v) is 4.51. The van der Waals surface area contributed by atoms with E-state index in [-0.39, 0.29) is 11.7 Å². The number of nitrogens with zero attached hydrogens (tertiary/aromatic N) is 4. The maximum Gasteiger partial charge on any atom is 0.356 e. The molecule has 1 aliphatic heterocycles. The molecular weight excluding hydrogens is 200 g/mol. The van der Waals surface area contributed by atoms with Crippen LogP contribution in [0.1, 0.15) is 23.1 Å². The smallest absolute Gasteiger partial charge is 0.356 e. The van der Waals surface area contributed by atoms with Crippen molar-refractivity contribution in [2.75, 3.05) is 0 Å². The van der Waals surface area contributed by atoms with Gasteiger partial charge in [0.05, 0.1) is 30.1 Å². The topological polar surface area (TPSA) is 87.8 Å². The number of aromatic nitrogens is 2. The van der Waals surface area contributed by atoms with Gasteiger partial charge in [0.1, 0.15) is 0 Å². The van der Waals surface area contributed by atoms with Crippen molar-refractivity contribution in [3.05, 3.63) is 22.4 Å². The van der Waals surface area contributed by atoms with Crippen molar-refractivity contribution in [2.24, 2.45) is 5.29 Å². The zero-order chi connectivity index (χ0) is 11.0. The standard InChI is InChI=1S/C8H10N4O3/c1-5-3-12-6(4-11(5)10-15)2-7(9-12)8(13)14/h2,5H,3-4H2,1H3,(H,13,14). The molecule has 0 saturated carbocycles. The zero-order valence-electron chi connectivity index (χ0n) is 8.12. The molecule has 0 aromatic carbocycles. The highest BCUT2D eigenvalue weighted by molar-refractivity contribution is 5.85. The van der Waals surface area contributed by atoms with Gasteiger partial charge in [-0.05, 0) is 13.0 Å². The maximum absolute atomic E-state index is 10.7. The zero-order valence-corrected chi connectivity index (χ0v) is 8.12. The van der Waals surface area contributed by atoms with Crippen LogP contribution in [0.2, 0.25) is 0 Å². The minimum absolute atomic E-state index is 0.00458. The molecule has 0 saturated heterocycles. The highest BCUT2D eigenvalue weighted by Crippen LogP contribution is 2.18. The average molecular weight is 210 g/mol. The lowest BCUT2D eigenvalue weighted by atomic mass is 10.2. The van der Waals surface area contributed by atoms with Gasteiger partial charge in [-0.15, -0.1) is 4.91 Å². The molecule has 2 rings (SSSR count). The summed E-state index contributed by atoms with van der Waals surface area (Å²) in [7, 11) is 0. The van der Waals surface area contributed by atoms with E-state index < -0.39 is 5.97 Å². The number of aromatic carboxylic acids is 1. The van der Waals surface area contributed by atoms with Gasteiger partial charge in [0.15, 0.2) is 5.69 Å². The van der Waals surface area contributed by atoms with Crippen molar-refractivity contribution in [3.8, 4) is 0 Å². The molecule has 7 nitrogen and oxygen atoms in total. The fourth-order valence-corrected chi connectivity index (χ4v) is 1.62. The van der Waals surface area contributed by atoms with E-state index in [0.29, 0.717) is 18.8 Å². The summed E-state index contributed by atoms with van der Waals surface area (Å²) in [5, 5.41) is 16.9. The van der Waals surface area contributed by atoms with Crippen LogP contribution in [0.5, 0.6) is 0 Å². The first-order valence-electron chi connectivity index (χ1n) is 4.51. The van der Waals surface area contributed by atoms with Gasteiger partial charge in [-0.3, -0.25) is 9.69 Å². The number of hydrogen-bond donors (Lipinski definition) is 1. The quantitative estimate of drug-likeness (QED) is 0.716. The Morgan fingerprint density at radius 3 is 3.07 bits per heavy atom. The van der Waals surface area contributed by atoms with E-state index in [1.54, 1.807) is 4.68 Å². The van der Waals surface area contributed by atoms with Crippen LogP contribution in [0.25, 0.3) is 0 Å². The van der Waals surface area contributed by atoms with Gasteiger partial charge in [0.2, 0.25) is 0 Å². The molecule has 1 N–H and O–H groups in total. The molecule has 2 heterocycles. The number of carboxylic acids is 1. The molecule has 0 amide bonds. The van der Waals surface area contributed by atoms with E-state index in [4.69, 9.17) is 5.11 Å². The Kier molecular flexibility index (Phi) is 2.14. The van der Waals surface area contributed by atoms with E-state index in [9.17, 15) is 9.70 Å². The van der Waals surface area contributed by atoms with Crippen molar-refractivity contribution in [1.29, 1.82) is 0 Å². The van der Waals surface area contributed by atoms with Gasteiger partial charge in [0.25, 0.3) is 0 Å². The lowest BCUT2D eigenvalue weighted by molar-refractivity contribution is 0.0688. The van der Waals surface area contributed by atoms with Crippen molar-refractivity contribution in [2.45, 2.75) is 26.1 Å². The van der Waals surface area contributed by atoms with Crippen molar-refractivity contribution < 1.29 is 9.90 Å². The molecule has 15 heavy (non-hydrogen) atoms. The minimum Gasteiger partial charge on any atom is -0.476 e. The number of hydrogen-bond acceptors (Lipinski definition) is 4. The molecule has 1 aliphatic rings. The monoisotopic (exact) mass is 210 g/mol. The number of fused-ring (bicyclic) bond motifs is 1. The maximum atomic E-state index is 10.7. The van der Waals surface area contributed by atoms with Crippen LogP contribution in [0.4, 0.5) is 0 Å². The van der Waals surface area contributed by atoms with E-state index in [1.807, 2.05) is 6.92 Å². The summed E-state index contributed by atoms with van der Waals surface area (Å²) in [6.45, 7) is 2.63. The predicted octanol–water partition coefficient (Wildman–Crippen LogP) is 0.467. The van der Waals surface area contributed by atoms with E-state index in [0.717, 1.165) is 0 Å². The van der Waals surface area contributed by atoms with Crippen molar-refractivity contribution in [1.82, 2.24) is 14.8 Å². The van der Waals surface area contributed by atoms with Crippen LogP contribution in [-0.2, 0) is 13.1 Å². The third-order valence-corrected chi connectivity index (χ3v) is 2.46. The molecule has 0 radical (unpaired) electrons. The third kappa shape index (κ3) is 1.56. The summed E-state index contributed by atoms with van der Waals surface area (Å²) in [4.78, 5) is 21.1. The van der Waals surface area contributed by atoms with Crippen LogP contribution in [-0.4, -0.2) is 31.9 Å². The summed E-state index contributed by atoms with van der Waals surface area (Å²) in [5.74, 6) is -1.06. The molecule has 0 spiro atoms. The fraction of sp³-hybridized carbons (Fsp3) is 0.500. The van der Waals surface area contributed by atoms with Gasteiger partial charge >= 0.3 is 5.97 Å². The van der Waals surface area contributed by atoms with Gasteiger partial charge in [-0.25, -0.2) is 4.79 Å². The SMILES string of the molecule is CC1Cn2nc(C(=O)O)cc2CN1N=O. The molecule has 1 atom stereocenters. The van der Waals surface area contributed by atoms with Crippen LogP contribution >= 0.6 is 0 Å². The molecular formula is C8H10N4O3. The number of carbonyl (C=O) groups is 1. The molecule has 80 valence electrons. The van der Waals surface area contributed by atoms with Crippen LogP contribution in [0, 0.1) is 4.91 Å². The highest BCUT2D eigenvalue weighted by Gasteiger charge is 2.25. The lowest BCUT2D eigenvalue weighted by Crippen LogP contribution is -2.37. The van der Waals surface area contributed by atoms with E-state index in [2.05, 4.69) is 10.4 Å². The Balaban J connectivity index is 2.33. The van der Waals surface area contributed by atoms with Crippen molar-refractivity contribution in [3.63, 3.8) is 0 Å². The summed E-state index contributed by atoms with van der Waals surface area (Å²) < 4.78 is 1.61. The summed E-state index contributed by atoms with van der Waals surface area (Å²) >= 11 is 0. The van der Waals surface area contributed by atoms with Crippen molar-refractivity contribution >= 4 is 5.97 Å². The minimum atomic E-state index is -1.06. The van der Waals surface area contributed by atoms with E-state index >= 15 is 0 Å². The first kappa shape index (κ1) is 9.63. The molecule has 7 heteroatoms. The van der Waals surface area contributed by atoms with Crippen LogP contribution in [0.15, 0.2) is 11.4 Å². The summed E-state index contributed by atoms with van der Waals surface area (Å²) in [6, 6.07) is 1.41. The Morgan fingerprint density at radius 2 is 2.47 bits per heavy atom. The molecule has 1 unspecified atom stereocenters. The molecule has 0 aliphatic carbocycles. The number of rotatable bonds is 2. The van der Waals surface area contributed by atoms with Gasteiger partial charge in [0, 0.05) is 0 Å². The molecule has 0 bridgehead atoms. The van der Waals surface area contributed by atoms with Crippen LogP contribution < -0.4 is 0 Å². The molecule has 1 aromatic heterocycles. The largest absolute Gasteiger partial charge is 0.476 e. The Bertz CT molecular complexity index is 414. The fourth-order valence-electron chi connectivity index (χ4n) is 1.62. The Hall–Kier alpha value is -1.92. The lowest BCUT2D eigenvalue weighted by Gasteiger charge is -2.28. The second kappa shape index (κ2) is 3.34. The number of carboxylic acid groups (broad SMARTS) is 1. The van der Waals surface area contributed by atoms with Gasteiger partial charge in [-0.2, -0.15) is 5.10 Å². The summed E-state index contributed by atoms with van der Waals surface area (Å²) in [6.07, 6.45) is 0. The predicted molar refractivity (Wildman–Crippen MR) is 50.0 cm³/mol. The second-order valence-corrected chi connectivity index (χ2v) is 3.54. The van der Waals surface area contributed by atoms with Gasteiger partial charge < -0.3 is 5.11 Å². The second-order valence-electron chi connectivity index (χ2n) is 3.54. The first-order chi connectivity index (χ1) is 7.11. The van der Waals surface area contributed by atoms with E-state index in [1.165, 1.54) is 11.1 Å². The third-order valence-electron chi connectivity index (χ3n) is 2.46. The highest BCUT2D eigenvalue weighted by atomic mass is 16.4. The number of nitroso groups, excluding NO2 is 1. The van der Waals surface area contributed by atoms with Gasteiger partial charge in [-0.1, -0.05) is 0 Å². The van der Waals surface area contributed by atoms with Crippen LogP contribution in [0.3, 0.4) is 0 Å². The Labute approximate surface area is 85.2 Å². The normalized spacial score (nSPS) is 19.8. The molecule has 1 aromatic rings. The Morgan fingerprint density at radius 1 is 1.73 bits per heavy atom.